The summed E-state index contributed by atoms with van der Waals surface area (Å²) < 4.78 is 73.9. The fourth-order valence-electron chi connectivity index (χ4n) is 7.16. The minimum atomic E-state index is -0.845. The highest BCUT2D eigenvalue weighted by molar-refractivity contribution is 7.99. The van der Waals surface area contributed by atoms with Gasteiger partial charge >= 0.3 is 60.6 Å². The molecular formula is C63H115N9O30S. The summed E-state index contributed by atoms with van der Waals surface area (Å²) in [4.78, 5) is 166. The highest BCUT2D eigenvalue weighted by Gasteiger charge is 2.36. The molecule has 0 saturated heterocycles. The summed E-state index contributed by atoms with van der Waals surface area (Å²) in [5.74, 6) is -0.867. The third-order valence-electron chi connectivity index (χ3n) is 12.3. The third-order valence-corrected chi connectivity index (χ3v) is 13.6. The van der Waals surface area contributed by atoms with Gasteiger partial charge in [0, 0.05) is 120 Å². The van der Waals surface area contributed by atoms with Gasteiger partial charge in [0.1, 0.15) is 65.1 Å². The van der Waals surface area contributed by atoms with Crippen LogP contribution in [0.15, 0.2) is 0 Å². The summed E-state index contributed by atoms with van der Waals surface area (Å²) in [5.41, 5.74) is -1.44. The number of carbonyl (C=O) groups is 15. The van der Waals surface area contributed by atoms with Gasteiger partial charge in [0.2, 0.25) is 11.8 Å². The topological polar surface area (TPSA) is 503 Å². The SMILES string of the molecule is CCC(=O)NC(CCCOC(=O)NC)(CCCOC(=O)NC)CCCOC(=O)NC.CCC(=O)NCCSCC(COC(C)=O)(COC(C)=O)COC(C)=O.CNC(=O)OCC(COC(=O)NC)OCC(C)=O.COC(=O)NCC(CNC(=O)OC)OCC(C)=O.COCC(COC)OCC(C)=O. The van der Waals surface area contributed by atoms with Crippen LogP contribution < -0.4 is 47.9 Å². The van der Waals surface area contributed by atoms with Crippen molar-refractivity contribution in [1.82, 2.24) is 47.9 Å². The second kappa shape index (κ2) is 67.9. The van der Waals surface area contributed by atoms with E-state index >= 15 is 0 Å². The summed E-state index contributed by atoms with van der Waals surface area (Å²) in [6.07, 6.45) is -1.46. The number of alkyl carbamates (subject to hydrolysis) is 7. The molecule has 0 heterocycles. The molecule has 0 aliphatic heterocycles. The first-order valence-corrected chi connectivity index (χ1v) is 33.6. The van der Waals surface area contributed by atoms with Crippen LogP contribution in [-0.2, 0) is 109 Å². The van der Waals surface area contributed by atoms with Crippen molar-refractivity contribution in [2.75, 3.05) is 181 Å². The molecule has 0 unspecified atom stereocenters. The van der Waals surface area contributed by atoms with E-state index in [0.29, 0.717) is 82.6 Å². The van der Waals surface area contributed by atoms with E-state index in [1.54, 1.807) is 28.1 Å². The fraction of sp³-hybridized carbons (Fsp3) is 0.762. The van der Waals surface area contributed by atoms with Crippen LogP contribution in [-0.4, -0.2) is 294 Å². The van der Waals surface area contributed by atoms with Gasteiger partial charge in [0.15, 0.2) is 17.3 Å². The van der Waals surface area contributed by atoms with Crippen LogP contribution in [0.4, 0.5) is 33.6 Å². The maximum atomic E-state index is 12.2. The van der Waals surface area contributed by atoms with E-state index in [-0.39, 0.29) is 121 Å². The molecule has 40 heteroatoms. The lowest BCUT2D eigenvalue weighted by atomic mass is 9.83. The Hall–Kier alpha value is -8.60. The summed E-state index contributed by atoms with van der Waals surface area (Å²) in [6, 6.07) is 0. The predicted octanol–water partition coefficient (Wildman–Crippen LogP) is 2.18. The van der Waals surface area contributed by atoms with Gasteiger partial charge in [-0.1, -0.05) is 13.8 Å². The number of thioether (sulfide) groups is 1. The number of hydrogen-bond acceptors (Lipinski definition) is 31. The van der Waals surface area contributed by atoms with E-state index in [2.05, 4.69) is 57.3 Å². The molecule has 0 atom stereocenters. The number of esters is 3. The van der Waals surface area contributed by atoms with Gasteiger partial charge in [-0.15, -0.1) is 0 Å². The molecule has 0 rings (SSSR count). The van der Waals surface area contributed by atoms with Crippen molar-refractivity contribution in [1.29, 1.82) is 0 Å². The molecule has 9 N–H and O–H groups in total. The zero-order valence-corrected chi connectivity index (χ0v) is 63.6. The Kier molecular flexibility index (Phi) is 67.9. The minimum absolute atomic E-state index is 0.00667. The van der Waals surface area contributed by atoms with Crippen LogP contribution in [0.1, 0.15) is 107 Å². The Balaban J connectivity index is -0.000000400. The number of methoxy groups -OCH3 is 4. The molecule has 9 amide bonds. The lowest BCUT2D eigenvalue weighted by molar-refractivity contribution is -0.157. The van der Waals surface area contributed by atoms with Gasteiger partial charge in [0.25, 0.3) is 0 Å². The van der Waals surface area contributed by atoms with Gasteiger partial charge in [-0.3, -0.25) is 38.4 Å². The number of rotatable bonds is 47. The summed E-state index contributed by atoms with van der Waals surface area (Å²) in [6.45, 7) is 13.3. The zero-order valence-electron chi connectivity index (χ0n) is 62.8. The lowest BCUT2D eigenvalue weighted by Crippen LogP contribution is -2.49. The quantitative estimate of drug-likeness (QED) is 0.0239. The first-order valence-electron chi connectivity index (χ1n) is 32.4. The number of ether oxygens (including phenoxy) is 15. The fourth-order valence-corrected chi connectivity index (χ4v) is 8.23. The Morgan fingerprint density at radius 2 is 0.709 bits per heavy atom. The number of ketones is 3. The maximum Gasteiger partial charge on any atom is 0.406 e. The minimum Gasteiger partial charge on any atom is -0.465 e. The summed E-state index contributed by atoms with van der Waals surface area (Å²) >= 11 is 1.48. The molecule has 0 aromatic rings. The number of Topliss-reactive ketones (excluding diaryl/α,β-unsaturated/α-hetero) is 3. The Labute approximate surface area is 607 Å². The van der Waals surface area contributed by atoms with E-state index in [1.807, 2.05) is 0 Å². The predicted molar refractivity (Wildman–Crippen MR) is 370 cm³/mol. The molecule has 39 nitrogen and oxygen atoms in total. The van der Waals surface area contributed by atoms with Crippen molar-refractivity contribution in [3.8, 4) is 0 Å². The van der Waals surface area contributed by atoms with E-state index in [0.717, 1.165) is 0 Å². The standard InChI is InChI=1S/C19H36N4O7.C16H27NO7S.2C10H18N2O6.C8H16O4/c1-5-15(24)23-19(9-6-12-28-16(25)20-2,10-7-13-29-17(26)21-3)11-8-14-30-18(27)22-4;1-5-15(21)17-6-7-25-11-16(8-22-12(2)18,9-23-13(3)19)10-24-14(4)20;1-7(13)6-18-8(4-11-9(14)16-2)5-12-10(15)17-3;1-7(13)4-16-8(5-17-9(14)11-2)6-18-10(15)12-3;1-7(9)4-12-8(5-10-2)6-11-3/h5-14H2,1-4H3,(H,20,25)(H,21,26)(H,22,27)(H,23,24);5-11H2,1-4H3,(H,17,21);2*8H,4-6H2,1-3H3,(H,11,14)(H,12,15);8H,4-6H2,1-3H3. The monoisotopic (exact) mass is 1510 g/mol. The molecule has 0 aliphatic carbocycles. The van der Waals surface area contributed by atoms with Gasteiger partial charge in [-0.25, -0.2) is 33.6 Å². The smallest absolute Gasteiger partial charge is 0.406 e. The number of carbonyl (C=O) groups excluding carboxylic acids is 15. The molecule has 0 bridgehead atoms. The highest BCUT2D eigenvalue weighted by Crippen LogP contribution is 2.28. The van der Waals surface area contributed by atoms with Crippen LogP contribution in [0.25, 0.3) is 0 Å². The van der Waals surface area contributed by atoms with Crippen molar-refractivity contribution in [2.24, 2.45) is 5.41 Å². The average molecular weight is 1510 g/mol. The Morgan fingerprint density at radius 1 is 0.388 bits per heavy atom. The van der Waals surface area contributed by atoms with E-state index in [9.17, 15) is 71.9 Å². The van der Waals surface area contributed by atoms with Crippen molar-refractivity contribution in [3.63, 3.8) is 0 Å². The Bertz CT molecular complexity index is 2240. The van der Waals surface area contributed by atoms with Crippen LogP contribution in [0.3, 0.4) is 0 Å². The highest BCUT2D eigenvalue weighted by atomic mass is 32.2. The number of hydrogen-bond donors (Lipinski definition) is 9. The normalized spacial score (nSPS) is 10.3. The second-order valence-electron chi connectivity index (χ2n) is 21.5. The average Bonchev–Trinajstić information content (AvgIpc) is 0.866. The summed E-state index contributed by atoms with van der Waals surface area (Å²) in [7, 11) is 12.9. The van der Waals surface area contributed by atoms with Gasteiger partial charge in [0.05, 0.1) is 58.8 Å². The number of nitrogens with one attached hydrogen (secondary N) is 9. The van der Waals surface area contributed by atoms with Crippen molar-refractivity contribution in [3.05, 3.63) is 0 Å². The molecule has 0 spiro atoms. The largest absolute Gasteiger partial charge is 0.465 e. The van der Waals surface area contributed by atoms with Crippen molar-refractivity contribution >= 4 is 101 Å². The molecule has 0 aromatic carbocycles. The van der Waals surface area contributed by atoms with Crippen LogP contribution in [0.5, 0.6) is 0 Å². The zero-order chi connectivity index (χ0) is 79.5. The first-order chi connectivity index (χ1) is 48.7. The molecule has 0 fully saturated rings. The molecule has 0 aliphatic rings. The van der Waals surface area contributed by atoms with E-state index < -0.39 is 83.7 Å². The third kappa shape index (κ3) is 68.9. The van der Waals surface area contributed by atoms with E-state index in [4.69, 9.17) is 61.6 Å². The lowest BCUT2D eigenvalue weighted by Gasteiger charge is -2.35. The van der Waals surface area contributed by atoms with Crippen molar-refractivity contribution < 1.29 is 143 Å². The molecule has 598 valence electrons. The van der Waals surface area contributed by atoms with Crippen molar-refractivity contribution in [2.45, 2.75) is 131 Å². The first kappa shape index (κ1) is 103. The van der Waals surface area contributed by atoms with Gasteiger partial charge < -0.3 is 119 Å². The second-order valence-corrected chi connectivity index (χ2v) is 22.6. The molecule has 103 heavy (non-hydrogen) atoms. The van der Waals surface area contributed by atoms with Crippen LogP contribution in [0.2, 0.25) is 0 Å². The maximum absolute atomic E-state index is 12.2. The van der Waals surface area contributed by atoms with E-state index in [1.165, 1.54) is 103 Å². The molecule has 0 aromatic heterocycles. The van der Waals surface area contributed by atoms with Gasteiger partial charge in [-0.05, 0) is 59.3 Å². The Morgan fingerprint density at radius 3 is 1.00 bits per heavy atom. The number of amides is 9. The molecular weight excluding hydrogens is 1390 g/mol. The molecule has 0 saturated carbocycles. The summed E-state index contributed by atoms with van der Waals surface area (Å²) in [5, 5.41) is 22.3. The van der Waals surface area contributed by atoms with Crippen LogP contribution >= 0.6 is 11.8 Å². The van der Waals surface area contributed by atoms with Gasteiger partial charge in [-0.2, -0.15) is 11.8 Å². The molecule has 0 radical (unpaired) electrons. The van der Waals surface area contributed by atoms with Crippen LogP contribution in [0, 0.1) is 5.41 Å².